The fourth-order valence-electron chi connectivity index (χ4n) is 2.90. The zero-order valence-electron chi connectivity index (χ0n) is 18.4. The molecule has 0 aliphatic heterocycles. The normalized spacial score (nSPS) is 11.1. The second-order valence-electron chi connectivity index (χ2n) is 8.39. The third-order valence-electron chi connectivity index (χ3n) is 4.78. The maximum Gasteiger partial charge on any atom is 0.338 e. The molecule has 0 radical (unpaired) electrons. The van der Waals surface area contributed by atoms with E-state index in [4.69, 9.17) is 16.3 Å². The van der Waals surface area contributed by atoms with Gasteiger partial charge in [0.1, 0.15) is 0 Å². The highest BCUT2D eigenvalue weighted by atomic mass is 35.5. The number of amides is 1. The molecule has 0 aromatic heterocycles. The number of carbonyl (C=O) groups excluding carboxylic acids is 2. The third kappa shape index (κ3) is 7.14. The zero-order chi connectivity index (χ0) is 23.1. The van der Waals surface area contributed by atoms with Crippen LogP contribution in [0.1, 0.15) is 42.3 Å². The van der Waals surface area contributed by atoms with Gasteiger partial charge in [-0.25, -0.2) is 4.79 Å². The van der Waals surface area contributed by atoms with Gasteiger partial charge in [0.15, 0.2) is 6.61 Å². The number of carbonyl (C=O) groups is 2. The first kappa shape index (κ1) is 23.9. The summed E-state index contributed by atoms with van der Waals surface area (Å²) in [4.78, 5) is 25.5. The molecule has 0 bridgehead atoms. The molecule has 4 nitrogen and oxygen atoms in total. The van der Waals surface area contributed by atoms with Crippen molar-refractivity contribution < 1.29 is 14.3 Å². The van der Waals surface area contributed by atoms with Crippen molar-refractivity contribution in [3.8, 4) is 0 Å². The number of benzene rings is 3. The van der Waals surface area contributed by atoms with Gasteiger partial charge >= 0.3 is 5.97 Å². The summed E-state index contributed by atoms with van der Waals surface area (Å²) in [5, 5.41) is 3.46. The summed E-state index contributed by atoms with van der Waals surface area (Å²) in [6.45, 7) is 6.05. The predicted octanol–water partition coefficient (Wildman–Crippen LogP) is 6.73. The first-order chi connectivity index (χ1) is 15.2. The number of anilines is 1. The maximum absolute atomic E-state index is 12.3. The lowest BCUT2D eigenvalue weighted by molar-refractivity contribution is -0.119. The van der Waals surface area contributed by atoms with Gasteiger partial charge in [-0.1, -0.05) is 56.6 Å². The minimum absolute atomic E-state index is 0.0438. The average molecular weight is 468 g/mol. The summed E-state index contributed by atoms with van der Waals surface area (Å²) in [6.07, 6.45) is 0. The number of ether oxygens (including phenoxy) is 1. The van der Waals surface area contributed by atoms with Crippen LogP contribution in [0, 0.1) is 0 Å². The van der Waals surface area contributed by atoms with E-state index >= 15 is 0 Å². The summed E-state index contributed by atoms with van der Waals surface area (Å²) in [5.74, 6) is -0.133. The number of esters is 1. The van der Waals surface area contributed by atoms with Gasteiger partial charge < -0.3 is 10.1 Å². The smallest absolute Gasteiger partial charge is 0.338 e. The molecule has 3 rings (SSSR count). The van der Waals surface area contributed by atoms with Gasteiger partial charge in [0.05, 0.1) is 5.56 Å². The van der Waals surface area contributed by atoms with E-state index in [9.17, 15) is 9.59 Å². The summed E-state index contributed by atoms with van der Waals surface area (Å²) < 4.78 is 5.15. The predicted molar refractivity (Wildman–Crippen MR) is 132 cm³/mol. The van der Waals surface area contributed by atoms with Crippen molar-refractivity contribution in [1.29, 1.82) is 0 Å². The molecule has 0 heterocycles. The van der Waals surface area contributed by atoms with Crippen LogP contribution in [0.25, 0.3) is 0 Å². The Bertz CT molecular complexity index is 1060. The van der Waals surface area contributed by atoms with Gasteiger partial charge in [-0.2, -0.15) is 0 Å². The number of thioether (sulfide) groups is 1. The molecule has 6 heteroatoms. The van der Waals surface area contributed by atoms with E-state index in [0.29, 0.717) is 16.3 Å². The van der Waals surface area contributed by atoms with Crippen LogP contribution in [0.3, 0.4) is 0 Å². The standard InChI is InChI=1S/C26H26ClNO3S/c1-26(2,3)20-8-12-22(13-9-20)28-24(29)16-31-25(30)19-6-4-18(5-7-19)17-32-23-14-10-21(27)11-15-23/h4-15H,16-17H2,1-3H3,(H,28,29). The van der Waals surface area contributed by atoms with E-state index in [1.165, 1.54) is 5.56 Å². The molecule has 1 N–H and O–H groups in total. The summed E-state index contributed by atoms with van der Waals surface area (Å²) in [7, 11) is 0. The Hall–Kier alpha value is -2.76. The van der Waals surface area contributed by atoms with Crippen molar-refractivity contribution in [2.24, 2.45) is 0 Å². The van der Waals surface area contributed by atoms with Gasteiger partial charge in [0.2, 0.25) is 0 Å². The molecule has 1 amide bonds. The van der Waals surface area contributed by atoms with Crippen LogP contribution in [0.2, 0.25) is 5.02 Å². The molecule has 0 saturated carbocycles. The number of hydrogen-bond acceptors (Lipinski definition) is 4. The largest absolute Gasteiger partial charge is 0.452 e. The van der Waals surface area contributed by atoms with Gasteiger partial charge in [0.25, 0.3) is 5.91 Å². The highest BCUT2D eigenvalue weighted by Gasteiger charge is 2.14. The topological polar surface area (TPSA) is 55.4 Å². The van der Waals surface area contributed by atoms with Gasteiger partial charge in [0, 0.05) is 21.4 Å². The van der Waals surface area contributed by atoms with E-state index in [1.807, 2.05) is 60.7 Å². The molecule has 32 heavy (non-hydrogen) atoms. The molecule has 0 fully saturated rings. The Labute approximate surface area is 198 Å². The minimum Gasteiger partial charge on any atom is -0.452 e. The Morgan fingerprint density at radius 2 is 1.53 bits per heavy atom. The maximum atomic E-state index is 12.3. The highest BCUT2D eigenvalue weighted by Crippen LogP contribution is 2.25. The first-order valence-corrected chi connectivity index (χ1v) is 11.6. The van der Waals surface area contributed by atoms with E-state index < -0.39 is 5.97 Å². The quantitative estimate of drug-likeness (QED) is 0.309. The Balaban J connectivity index is 1.45. The van der Waals surface area contributed by atoms with E-state index in [2.05, 4.69) is 26.1 Å². The average Bonchev–Trinajstić information content (AvgIpc) is 2.77. The summed E-state index contributed by atoms with van der Waals surface area (Å²) in [6, 6.07) is 22.5. The number of rotatable bonds is 7. The molecule has 3 aromatic carbocycles. The summed E-state index contributed by atoms with van der Waals surface area (Å²) >= 11 is 7.59. The number of halogens is 1. The van der Waals surface area contributed by atoms with E-state index in [-0.39, 0.29) is 17.9 Å². The van der Waals surface area contributed by atoms with Gasteiger partial charge in [-0.3, -0.25) is 4.79 Å². The molecular weight excluding hydrogens is 442 g/mol. The van der Waals surface area contributed by atoms with Crippen molar-refractivity contribution in [3.63, 3.8) is 0 Å². The van der Waals surface area contributed by atoms with Gasteiger partial charge in [-0.15, -0.1) is 11.8 Å². The van der Waals surface area contributed by atoms with Crippen molar-refractivity contribution in [1.82, 2.24) is 0 Å². The molecule has 0 aliphatic rings. The van der Waals surface area contributed by atoms with Crippen molar-refractivity contribution >= 4 is 40.9 Å². The van der Waals surface area contributed by atoms with Crippen LogP contribution < -0.4 is 5.32 Å². The number of nitrogens with one attached hydrogen (secondary N) is 1. The lowest BCUT2D eigenvalue weighted by Crippen LogP contribution is -2.21. The van der Waals surface area contributed by atoms with E-state index in [0.717, 1.165) is 16.2 Å². The Morgan fingerprint density at radius 1 is 0.906 bits per heavy atom. The fraction of sp³-hybridized carbons (Fsp3) is 0.231. The molecule has 0 atom stereocenters. The monoisotopic (exact) mass is 467 g/mol. The van der Waals surface area contributed by atoms with Gasteiger partial charge in [-0.05, 0) is 65.1 Å². The third-order valence-corrected chi connectivity index (χ3v) is 6.11. The molecule has 166 valence electrons. The van der Waals surface area contributed by atoms with Crippen LogP contribution >= 0.6 is 23.4 Å². The lowest BCUT2D eigenvalue weighted by atomic mass is 9.87. The first-order valence-electron chi connectivity index (χ1n) is 10.3. The highest BCUT2D eigenvalue weighted by molar-refractivity contribution is 7.98. The van der Waals surface area contributed by atoms with Crippen LogP contribution in [0.4, 0.5) is 5.69 Å². The van der Waals surface area contributed by atoms with Crippen LogP contribution in [-0.2, 0) is 20.7 Å². The second kappa shape index (κ2) is 10.7. The van der Waals surface area contributed by atoms with Crippen molar-refractivity contribution in [2.45, 2.75) is 36.8 Å². The molecule has 0 unspecified atom stereocenters. The van der Waals surface area contributed by atoms with Crippen molar-refractivity contribution in [3.05, 3.63) is 94.5 Å². The number of hydrogen-bond donors (Lipinski definition) is 1. The second-order valence-corrected chi connectivity index (χ2v) is 9.88. The molecule has 0 spiro atoms. The Kier molecular flexibility index (Phi) is 7.99. The lowest BCUT2D eigenvalue weighted by Gasteiger charge is -2.19. The SMILES string of the molecule is CC(C)(C)c1ccc(NC(=O)COC(=O)c2ccc(CSc3ccc(Cl)cc3)cc2)cc1. The van der Waals surface area contributed by atoms with Crippen LogP contribution in [-0.4, -0.2) is 18.5 Å². The molecule has 0 aliphatic carbocycles. The fourth-order valence-corrected chi connectivity index (χ4v) is 3.88. The molecular formula is C26H26ClNO3S. The molecule has 3 aromatic rings. The molecule has 0 saturated heterocycles. The van der Waals surface area contributed by atoms with Crippen LogP contribution in [0.15, 0.2) is 77.7 Å². The Morgan fingerprint density at radius 3 is 2.12 bits per heavy atom. The summed E-state index contributed by atoms with van der Waals surface area (Å²) in [5.41, 5.74) is 3.38. The van der Waals surface area contributed by atoms with E-state index in [1.54, 1.807) is 23.9 Å². The zero-order valence-corrected chi connectivity index (χ0v) is 19.9. The van der Waals surface area contributed by atoms with Crippen LogP contribution in [0.5, 0.6) is 0 Å². The minimum atomic E-state index is -0.528. The van der Waals surface area contributed by atoms with Crippen molar-refractivity contribution in [2.75, 3.05) is 11.9 Å².